The van der Waals surface area contributed by atoms with Gasteiger partial charge in [-0.2, -0.15) is 0 Å². The van der Waals surface area contributed by atoms with Crippen molar-refractivity contribution >= 4 is 23.7 Å². The van der Waals surface area contributed by atoms with Crippen molar-refractivity contribution in [3.63, 3.8) is 0 Å². The molecule has 0 spiro atoms. The molecule has 6 nitrogen and oxygen atoms in total. The van der Waals surface area contributed by atoms with E-state index < -0.39 is 0 Å². The van der Waals surface area contributed by atoms with Crippen LogP contribution in [0, 0.1) is 6.92 Å². The first-order valence-electron chi connectivity index (χ1n) is 8.26. The highest BCUT2D eigenvalue weighted by Gasteiger charge is 2.18. The van der Waals surface area contributed by atoms with Crippen molar-refractivity contribution < 1.29 is 0 Å². The zero-order valence-corrected chi connectivity index (χ0v) is 14.4. The fourth-order valence-corrected chi connectivity index (χ4v) is 3.01. The maximum atomic E-state index is 6.12. The highest BCUT2D eigenvalue weighted by Crippen LogP contribution is 2.31. The standard InChI is InChI=1S/C20H18N6/c1-13-9-11-24-20-17(13)25-19(16-4-3-10-23-18(16)21)26(20)15-7-5-14(6-8-15)12-22-2/h3-11H,2,12H2,1H3,(H2,21,23). The van der Waals surface area contributed by atoms with Crippen LogP contribution in [0.1, 0.15) is 11.1 Å². The number of aromatic nitrogens is 4. The topological polar surface area (TPSA) is 82.0 Å². The Bertz CT molecular complexity index is 1100. The third kappa shape index (κ3) is 2.61. The number of anilines is 1. The molecule has 6 heteroatoms. The minimum atomic E-state index is 0.439. The van der Waals surface area contributed by atoms with E-state index in [1.54, 1.807) is 12.4 Å². The largest absolute Gasteiger partial charge is 0.383 e. The predicted octanol–water partition coefficient (Wildman–Crippen LogP) is 3.57. The molecule has 0 unspecified atom stereocenters. The average molecular weight is 342 g/mol. The molecule has 3 aromatic heterocycles. The van der Waals surface area contributed by atoms with Crippen molar-refractivity contribution in [2.75, 3.05) is 5.73 Å². The van der Waals surface area contributed by atoms with E-state index in [4.69, 9.17) is 10.7 Å². The molecule has 1 aromatic carbocycles. The fourth-order valence-electron chi connectivity index (χ4n) is 3.01. The Morgan fingerprint density at radius 2 is 1.88 bits per heavy atom. The minimum Gasteiger partial charge on any atom is -0.383 e. The molecule has 0 amide bonds. The monoisotopic (exact) mass is 342 g/mol. The van der Waals surface area contributed by atoms with Gasteiger partial charge in [-0.15, -0.1) is 0 Å². The molecule has 0 atom stereocenters. The number of fused-ring (bicyclic) bond motifs is 1. The number of aryl methyl sites for hydroxylation is 1. The molecule has 2 N–H and O–H groups in total. The lowest BCUT2D eigenvalue weighted by Gasteiger charge is -2.10. The van der Waals surface area contributed by atoms with E-state index in [0.717, 1.165) is 39.4 Å². The molecule has 26 heavy (non-hydrogen) atoms. The quantitative estimate of drug-likeness (QED) is 0.575. The van der Waals surface area contributed by atoms with Crippen LogP contribution in [-0.2, 0) is 6.54 Å². The van der Waals surface area contributed by atoms with Gasteiger partial charge in [-0.3, -0.25) is 9.56 Å². The Balaban J connectivity index is 2.00. The molecule has 0 fully saturated rings. The highest BCUT2D eigenvalue weighted by molar-refractivity contribution is 5.84. The van der Waals surface area contributed by atoms with E-state index in [-0.39, 0.29) is 0 Å². The van der Waals surface area contributed by atoms with Gasteiger partial charge in [0.05, 0.1) is 12.1 Å². The van der Waals surface area contributed by atoms with E-state index in [2.05, 4.69) is 21.7 Å². The zero-order valence-electron chi connectivity index (χ0n) is 14.4. The van der Waals surface area contributed by atoms with Gasteiger partial charge in [0.15, 0.2) is 11.5 Å². The van der Waals surface area contributed by atoms with Crippen LogP contribution in [0.3, 0.4) is 0 Å². The van der Waals surface area contributed by atoms with Gasteiger partial charge >= 0.3 is 0 Å². The van der Waals surface area contributed by atoms with Gasteiger partial charge in [-0.05, 0) is 55.1 Å². The summed E-state index contributed by atoms with van der Waals surface area (Å²) in [6.45, 7) is 6.16. The maximum Gasteiger partial charge on any atom is 0.165 e. The Morgan fingerprint density at radius 3 is 2.62 bits per heavy atom. The van der Waals surface area contributed by atoms with Gasteiger partial charge in [0.1, 0.15) is 11.3 Å². The van der Waals surface area contributed by atoms with Gasteiger partial charge in [0.2, 0.25) is 0 Å². The Morgan fingerprint density at radius 1 is 1.08 bits per heavy atom. The summed E-state index contributed by atoms with van der Waals surface area (Å²) in [6.07, 6.45) is 3.47. The highest BCUT2D eigenvalue weighted by atomic mass is 15.1. The SMILES string of the molecule is C=NCc1ccc(-n2c(-c3cccnc3N)nc3c(C)ccnc32)cc1. The molecule has 4 rings (SSSR count). The summed E-state index contributed by atoms with van der Waals surface area (Å²) in [4.78, 5) is 17.5. The molecular formula is C20H18N6. The smallest absolute Gasteiger partial charge is 0.165 e. The lowest BCUT2D eigenvalue weighted by atomic mass is 10.2. The number of benzene rings is 1. The van der Waals surface area contributed by atoms with Crippen molar-refractivity contribution in [2.24, 2.45) is 4.99 Å². The van der Waals surface area contributed by atoms with Crippen LogP contribution in [0.2, 0.25) is 0 Å². The molecular weight excluding hydrogens is 324 g/mol. The number of aliphatic imine (C=N–C) groups is 1. The fraction of sp³-hybridized carbons (Fsp3) is 0.100. The number of rotatable bonds is 4. The van der Waals surface area contributed by atoms with Gasteiger partial charge in [-0.1, -0.05) is 12.1 Å². The van der Waals surface area contributed by atoms with E-state index in [1.807, 2.05) is 54.0 Å². The lowest BCUT2D eigenvalue weighted by molar-refractivity contribution is 1.05. The van der Waals surface area contributed by atoms with Crippen LogP contribution in [0.5, 0.6) is 0 Å². The Kier molecular flexibility index (Phi) is 3.93. The van der Waals surface area contributed by atoms with Gasteiger partial charge in [0.25, 0.3) is 0 Å². The number of nitrogens with two attached hydrogens (primary N) is 1. The van der Waals surface area contributed by atoms with E-state index in [0.29, 0.717) is 12.4 Å². The minimum absolute atomic E-state index is 0.439. The van der Waals surface area contributed by atoms with Gasteiger partial charge in [0, 0.05) is 18.1 Å². The zero-order chi connectivity index (χ0) is 18.1. The third-order valence-electron chi connectivity index (χ3n) is 4.32. The number of nitrogen functional groups attached to an aromatic ring is 1. The first kappa shape index (κ1) is 16.0. The lowest BCUT2D eigenvalue weighted by Crippen LogP contribution is -2.02. The second-order valence-electron chi connectivity index (χ2n) is 6.06. The van der Waals surface area contributed by atoms with Crippen molar-refractivity contribution in [2.45, 2.75) is 13.5 Å². The first-order chi connectivity index (χ1) is 12.7. The van der Waals surface area contributed by atoms with E-state index in [9.17, 15) is 0 Å². The van der Waals surface area contributed by atoms with Crippen molar-refractivity contribution in [3.05, 3.63) is 66.0 Å². The summed E-state index contributed by atoms with van der Waals surface area (Å²) >= 11 is 0. The predicted molar refractivity (Wildman–Crippen MR) is 104 cm³/mol. The van der Waals surface area contributed by atoms with Gasteiger partial charge in [-0.25, -0.2) is 15.0 Å². The molecule has 0 saturated carbocycles. The van der Waals surface area contributed by atoms with E-state index >= 15 is 0 Å². The van der Waals surface area contributed by atoms with Crippen LogP contribution in [-0.4, -0.2) is 26.2 Å². The van der Waals surface area contributed by atoms with Crippen LogP contribution in [0.4, 0.5) is 5.82 Å². The third-order valence-corrected chi connectivity index (χ3v) is 4.32. The Hall–Kier alpha value is -3.54. The maximum absolute atomic E-state index is 6.12. The van der Waals surface area contributed by atoms with Crippen molar-refractivity contribution in [1.29, 1.82) is 0 Å². The van der Waals surface area contributed by atoms with E-state index in [1.165, 1.54) is 0 Å². The molecule has 0 bridgehead atoms. The summed E-state index contributed by atoms with van der Waals surface area (Å²) in [5.41, 5.74) is 11.6. The number of imidazole rings is 1. The molecule has 128 valence electrons. The second-order valence-corrected chi connectivity index (χ2v) is 6.06. The summed E-state index contributed by atoms with van der Waals surface area (Å²) in [5, 5.41) is 0. The number of hydrogen-bond donors (Lipinski definition) is 1. The molecule has 0 aliphatic carbocycles. The van der Waals surface area contributed by atoms with Gasteiger partial charge < -0.3 is 5.73 Å². The molecule has 0 saturated heterocycles. The normalized spacial score (nSPS) is 11.0. The first-order valence-corrected chi connectivity index (χ1v) is 8.26. The van der Waals surface area contributed by atoms with Crippen LogP contribution in [0.15, 0.2) is 59.9 Å². The summed E-state index contributed by atoms with van der Waals surface area (Å²) in [6, 6.07) is 13.8. The van der Waals surface area contributed by atoms with Crippen LogP contribution in [0.25, 0.3) is 28.2 Å². The molecule has 0 radical (unpaired) electrons. The summed E-state index contributed by atoms with van der Waals surface area (Å²) < 4.78 is 2.01. The summed E-state index contributed by atoms with van der Waals surface area (Å²) in [5.74, 6) is 1.16. The van der Waals surface area contributed by atoms with Crippen LogP contribution < -0.4 is 5.73 Å². The molecule has 3 heterocycles. The van der Waals surface area contributed by atoms with Crippen LogP contribution >= 0.6 is 0 Å². The average Bonchev–Trinajstić information content (AvgIpc) is 3.04. The Labute approximate surface area is 151 Å². The number of pyridine rings is 2. The second kappa shape index (κ2) is 6.40. The summed E-state index contributed by atoms with van der Waals surface area (Å²) in [7, 11) is 0. The molecule has 0 aliphatic rings. The molecule has 0 aliphatic heterocycles. The van der Waals surface area contributed by atoms with Crippen molar-refractivity contribution in [3.8, 4) is 17.1 Å². The number of hydrogen-bond acceptors (Lipinski definition) is 5. The molecule has 4 aromatic rings. The van der Waals surface area contributed by atoms with Crippen molar-refractivity contribution in [1.82, 2.24) is 19.5 Å². The number of nitrogens with zero attached hydrogens (tertiary/aromatic N) is 5.